The Kier molecular flexibility index (Phi) is 3.19. The maximum absolute atomic E-state index is 9.61. The van der Waals surface area contributed by atoms with Crippen LogP contribution in [0.4, 0.5) is 11.4 Å². The van der Waals surface area contributed by atoms with Gasteiger partial charge in [-0.1, -0.05) is 29.8 Å². The highest BCUT2D eigenvalue weighted by Gasteiger charge is 2.04. The maximum Gasteiger partial charge on any atom is 0.145 e. The van der Waals surface area contributed by atoms with Crippen LogP contribution in [-0.2, 0) is 0 Å². The fourth-order valence-corrected chi connectivity index (χ4v) is 1.48. The molecule has 92 valence electrons. The summed E-state index contributed by atoms with van der Waals surface area (Å²) >= 11 is 0. The fourth-order valence-electron chi connectivity index (χ4n) is 1.48. The molecule has 0 saturated carbocycles. The molecule has 0 atom stereocenters. The smallest absolute Gasteiger partial charge is 0.145 e. The molecule has 0 aliphatic rings. The molecule has 0 saturated heterocycles. The SMILES string of the molecule is Cc1ccc(C=Nc2cc(N)c(O)cc2O)cc1. The van der Waals surface area contributed by atoms with Crippen molar-refractivity contribution in [2.45, 2.75) is 6.92 Å². The number of phenolic OH excluding ortho intramolecular Hbond substituents is 2. The van der Waals surface area contributed by atoms with Crippen LogP contribution in [0.3, 0.4) is 0 Å². The predicted octanol–water partition coefficient (Wildman–Crippen LogP) is 2.74. The lowest BCUT2D eigenvalue weighted by Gasteiger charge is -2.03. The third kappa shape index (κ3) is 2.60. The lowest BCUT2D eigenvalue weighted by Crippen LogP contribution is -1.85. The largest absolute Gasteiger partial charge is 0.506 e. The van der Waals surface area contributed by atoms with Crippen LogP contribution in [0, 0.1) is 6.92 Å². The molecular formula is C14H14N2O2. The predicted molar refractivity (Wildman–Crippen MR) is 72.6 cm³/mol. The highest BCUT2D eigenvalue weighted by atomic mass is 16.3. The Morgan fingerprint density at radius 2 is 1.72 bits per heavy atom. The zero-order valence-corrected chi connectivity index (χ0v) is 9.96. The van der Waals surface area contributed by atoms with Crippen molar-refractivity contribution in [1.29, 1.82) is 0 Å². The minimum absolute atomic E-state index is 0.106. The number of nitrogens with zero attached hydrogens (tertiary/aromatic N) is 1. The lowest BCUT2D eigenvalue weighted by atomic mass is 10.2. The highest BCUT2D eigenvalue weighted by molar-refractivity contribution is 5.83. The topological polar surface area (TPSA) is 78.8 Å². The third-order valence-corrected chi connectivity index (χ3v) is 2.55. The molecule has 0 bridgehead atoms. The Hall–Kier alpha value is -2.49. The Labute approximate surface area is 105 Å². The molecule has 2 aromatic rings. The van der Waals surface area contributed by atoms with Crippen LogP contribution in [0.15, 0.2) is 41.4 Å². The normalized spacial score (nSPS) is 10.9. The summed E-state index contributed by atoms with van der Waals surface area (Å²) in [7, 11) is 0. The molecule has 0 radical (unpaired) electrons. The summed E-state index contributed by atoms with van der Waals surface area (Å²) in [6.07, 6.45) is 1.63. The van der Waals surface area contributed by atoms with Crippen molar-refractivity contribution in [2.75, 3.05) is 5.73 Å². The van der Waals surface area contributed by atoms with Gasteiger partial charge in [0, 0.05) is 12.3 Å². The standard InChI is InChI=1S/C14H14N2O2/c1-9-2-4-10(5-3-9)8-16-12-6-11(15)13(17)7-14(12)18/h2-8,17-18H,15H2,1H3. The second-order valence-corrected chi connectivity index (χ2v) is 4.07. The van der Waals surface area contributed by atoms with Gasteiger partial charge in [-0.3, -0.25) is 4.99 Å². The monoisotopic (exact) mass is 242 g/mol. The van der Waals surface area contributed by atoms with E-state index in [1.807, 2.05) is 31.2 Å². The summed E-state index contributed by atoms with van der Waals surface area (Å²) in [5.74, 6) is -0.258. The van der Waals surface area contributed by atoms with Gasteiger partial charge in [0.15, 0.2) is 0 Å². The molecule has 2 aromatic carbocycles. The summed E-state index contributed by atoms with van der Waals surface area (Å²) in [4.78, 5) is 4.14. The van der Waals surface area contributed by atoms with Gasteiger partial charge in [-0.15, -0.1) is 0 Å². The number of benzene rings is 2. The van der Waals surface area contributed by atoms with Crippen LogP contribution in [0.2, 0.25) is 0 Å². The fraction of sp³-hybridized carbons (Fsp3) is 0.0714. The van der Waals surface area contributed by atoms with Crippen LogP contribution in [0.25, 0.3) is 0 Å². The number of aliphatic imine (C=N–C) groups is 1. The second kappa shape index (κ2) is 4.79. The van der Waals surface area contributed by atoms with Gasteiger partial charge in [0.05, 0.1) is 5.69 Å². The van der Waals surface area contributed by atoms with Gasteiger partial charge in [0.2, 0.25) is 0 Å². The quantitative estimate of drug-likeness (QED) is 0.328. The first-order chi connectivity index (χ1) is 8.56. The molecule has 0 unspecified atom stereocenters. The molecule has 0 spiro atoms. The van der Waals surface area contributed by atoms with Gasteiger partial charge in [-0.05, 0) is 18.6 Å². The first-order valence-corrected chi connectivity index (χ1v) is 5.48. The van der Waals surface area contributed by atoms with E-state index < -0.39 is 0 Å². The summed E-state index contributed by atoms with van der Waals surface area (Å²) in [6.45, 7) is 2.01. The van der Waals surface area contributed by atoms with Crippen molar-refractivity contribution in [3.05, 3.63) is 47.5 Å². The van der Waals surface area contributed by atoms with E-state index in [1.165, 1.54) is 17.7 Å². The van der Waals surface area contributed by atoms with E-state index in [2.05, 4.69) is 4.99 Å². The summed E-state index contributed by atoms with van der Waals surface area (Å²) in [5.41, 5.74) is 8.15. The van der Waals surface area contributed by atoms with Gasteiger partial charge >= 0.3 is 0 Å². The zero-order chi connectivity index (χ0) is 13.1. The van der Waals surface area contributed by atoms with Crippen LogP contribution < -0.4 is 5.73 Å². The van der Waals surface area contributed by atoms with Crippen LogP contribution in [-0.4, -0.2) is 16.4 Å². The number of rotatable bonds is 2. The Morgan fingerprint density at radius 3 is 2.39 bits per heavy atom. The number of nitrogens with two attached hydrogens (primary N) is 1. The summed E-state index contributed by atoms with van der Waals surface area (Å²) < 4.78 is 0. The molecule has 18 heavy (non-hydrogen) atoms. The molecule has 0 aromatic heterocycles. The molecule has 2 rings (SSSR count). The van der Waals surface area contributed by atoms with E-state index >= 15 is 0 Å². The lowest BCUT2D eigenvalue weighted by molar-refractivity contribution is 0.453. The molecule has 0 fully saturated rings. The Balaban J connectivity index is 2.28. The van der Waals surface area contributed by atoms with E-state index in [9.17, 15) is 10.2 Å². The van der Waals surface area contributed by atoms with Crippen molar-refractivity contribution >= 4 is 17.6 Å². The summed E-state index contributed by atoms with van der Waals surface area (Å²) in [5, 5.41) is 18.9. The number of hydrogen-bond donors (Lipinski definition) is 3. The minimum atomic E-state index is -0.151. The first kappa shape index (κ1) is 12.0. The van der Waals surface area contributed by atoms with E-state index in [0.29, 0.717) is 5.69 Å². The van der Waals surface area contributed by atoms with Gasteiger partial charge in [0.1, 0.15) is 17.2 Å². The van der Waals surface area contributed by atoms with Crippen molar-refractivity contribution in [2.24, 2.45) is 4.99 Å². The zero-order valence-electron chi connectivity index (χ0n) is 9.96. The summed E-state index contributed by atoms with van der Waals surface area (Å²) in [6, 6.07) is 10.4. The molecule has 0 aliphatic heterocycles. The van der Waals surface area contributed by atoms with Crippen LogP contribution in [0.5, 0.6) is 11.5 Å². The average Bonchev–Trinajstić information content (AvgIpc) is 2.34. The Morgan fingerprint density at radius 1 is 1.06 bits per heavy atom. The second-order valence-electron chi connectivity index (χ2n) is 4.07. The van der Waals surface area contributed by atoms with E-state index in [1.54, 1.807) is 6.21 Å². The van der Waals surface area contributed by atoms with Crippen molar-refractivity contribution in [3.63, 3.8) is 0 Å². The van der Waals surface area contributed by atoms with Gasteiger partial charge in [0.25, 0.3) is 0 Å². The number of hydrogen-bond acceptors (Lipinski definition) is 4. The highest BCUT2D eigenvalue weighted by Crippen LogP contribution is 2.34. The third-order valence-electron chi connectivity index (χ3n) is 2.55. The minimum Gasteiger partial charge on any atom is -0.506 e. The van der Waals surface area contributed by atoms with Crippen molar-refractivity contribution < 1.29 is 10.2 Å². The molecule has 0 aliphatic carbocycles. The van der Waals surface area contributed by atoms with E-state index in [-0.39, 0.29) is 17.2 Å². The molecule has 0 heterocycles. The van der Waals surface area contributed by atoms with Crippen LogP contribution >= 0.6 is 0 Å². The first-order valence-electron chi connectivity index (χ1n) is 5.48. The maximum atomic E-state index is 9.61. The number of aryl methyl sites for hydroxylation is 1. The molecule has 4 nitrogen and oxygen atoms in total. The van der Waals surface area contributed by atoms with Crippen molar-refractivity contribution in [1.82, 2.24) is 0 Å². The molecule has 4 heteroatoms. The molecular weight excluding hydrogens is 228 g/mol. The molecule has 4 N–H and O–H groups in total. The number of aromatic hydroxyl groups is 2. The van der Waals surface area contributed by atoms with Crippen molar-refractivity contribution in [3.8, 4) is 11.5 Å². The molecule has 0 amide bonds. The van der Waals surface area contributed by atoms with Crippen LogP contribution in [0.1, 0.15) is 11.1 Å². The van der Waals surface area contributed by atoms with E-state index in [4.69, 9.17) is 5.73 Å². The number of anilines is 1. The van der Waals surface area contributed by atoms with Gasteiger partial charge in [-0.25, -0.2) is 0 Å². The van der Waals surface area contributed by atoms with Gasteiger partial charge < -0.3 is 15.9 Å². The number of phenols is 2. The van der Waals surface area contributed by atoms with E-state index in [0.717, 1.165) is 5.56 Å². The Bertz CT molecular complexity index is 589. The average molecular weight is 242 g/mol. The number of nitrogen functional groups attached to an aromatic ring is 1. The van der Waals surface area contributed by atoms with Gasteiger partial charge in [-0.2, -0.15) is 0 Å².